The van der Waals surface area contributed by atoms with Crippen LogP contribution in [0.3, 0.4) is 0 Å². The summed E-state index contributed by atoms with van der Waals surface area (Å²) < 4.78 is 5.18. The fourth-order valence-corrected chi connectivity index (χ4v) is 1.65. The minimum Gasteiger partial charge on any atom is -0.459 e. The second-order valence-corrected chi connectivity index (χ2v) is 4.49. The molecule has 3 heteroatoms. The number of nitriles is 1. The Bertz CT molecular complexity index is 456. The number of carbonyl (C=O) groups excluding carboxylic acids is 1. The van der Waals surface area contributed by atoms with Gasteiger partial charge in [-0.1, -0.05) is 26.0 Å². The number of hydrogen-bond acceptors (Lipinski definition) is 3. The lowest BCUT2D eigenvalue weighted by Gasteiger charge is -2.15. The molecule has 0 atom stereocenters. The summed E-state index contributed by atoms with van der Waals surface area (Å²) in [4.78, 5) is 12.0. The topological polar surface area (TPSA) is 50.1 Å². The first-order valence-electron chi connectivity index (χ1n) is 5.71. The molecular formula is C14H17NO2. The van der Waals surface area contributed by atoms with Gasteiger partial charge in [0, 0.05) is 0 Å². The molecule has 0 bridgehead atoms. The van der Waals surface area contributed by atoms with Crippen LogP contribution in [0.2, 0.25) is 0 Å². The van der Waals surface area contributed by atoms with E-state index in [1.807, 2.05) is 26.0 Å². The van der Waals surface area contributed by atoms with E-state index in [1.165, 1.54) is 0 Å². The Kier molecular flexibility index (Phi) is 4.28. The molecule has 0 amide bonds. The Morgan fingerprint density at radius 3 is 2.41 bits per heavy atom. The molecule has 1 rings (SSSR count). The van der Waals surface area contributed by atoms with Gasteiger partial charge in [-0.25, -0.2) is 4.79 Å². The number of carbonyl (C=O) groups is 1. The smallest absolute Gasteiger partial charge is 0.340 e. The molecule has 0 aliphatic rings. The van der Waals surface area contributed by atoms with Gasteiger partial charge in [0.1, 0.15) is 6.07 Å². The summed E-state index contributed by atoms with van der Waals surface area (Å²) in [7, 11) is 0. The van der Waals surface area contributed by atoms with E-state index < -0.39 is 5.97 Å². The van der Waals surface area contributed by atoms with Crippen LogP contribution in [0.1, 0.15) is 55.1 Å². The molecule has 0 radical (unpaired) electrons. The quantitative estimate of drug-likeness (QED) is 0.750. The standard InChI is InChI=1S/C14H17NO2/c1-9(2)12-7-5-6-11(8-15)13(12)14(16)17-10(3)4/h5-7,9-10H,1-4H3. The SMILES string of the molecule is CC(C)OC(=O)c1c(C#N)cccc1C(C)C. The predicted octanol–water partition coefficient (Wildman–Crippen LogP) is 3.25. The molecular weight excluding hydrogens is 214 g/mol. The fourth-order valence-electron chi connectivity index (χ4n) is 1.65. The molecule has 0 heterocycles. The Hall–Kier alpha value is -1.82. The molecule has 0 N–H and O–H groups in total. The number of nitrogens with zero attached hydrogens (tertiary/aromatic N) is 1. The Morgan fingerprint density at radius 1 is 1.29 bits per heavy atom. The molecule has 0 saturated heterocycles. The normalized spacial score (nSPS) is 10.4. The summed E-state index contributed by atoms with van der Waals surface area (Å²) in [5, 5.41) is 9.05. The second kappa shape index (κ2) is 5.49. The largest absolute Gasteiger partial charge is 0.459 e. The summed E-state index contributed by atoms with van der Waals surface area (Å²) in [6.45, 7) is 7.56. The third-order valence-electron chi connectivity index (χ3n) is 2.39. The van der Waals surface area contributed by atoms with Crippen LogP contribution < -0.4 is 0 Å². The van der Waals surface area contributed by atoms with Crippen molar-refractivity contribution in [1.82, 2.24) is 0 Å². The van der Waals surface area contributed by atoms with Gasteiger partial charge in [-0.3, -0.25) is 0 Å². The maximum Gasteiger partial charge on any atom is 0.340 e. The van der Waals surface area contributed by atoms with Gasteiger partial charge in [0.25, 0.3) is 0 Å². The average molecular weight is 231 g/mol. The van der Waals surface area contributed by atoms with E-state index in [2.05, 4.69) is 0 Å². The first-order chi connectivity index (χ1) is 7.97. The van der Waals surface area contributed by atoms with Crippen molar-refractivity contribution in [1.29, 1.82) is 5.26 Å². The van der Waals surface area contributed by atoms with Gasteiger partial charge in [-0.2, -0.15) is 5.26 Å². The molecule has 0 fully saturated rings. The molecule has 1 aromatic rings. The lowest BCUT2D eigenvalue weighted by molar-refractivity contribution is 0.0376. The van der Waals surface area contributed by atoms with Crippen molar-refractivity contribution < 1.29 is 9.53 Å². The Balaban J connectivity index is 3.28. The van der Waals surface area contributed by atoms with Crippen molar-refractivity contribution in [2.24, 2.45) is 0 Å². The van der Waals surface area contributed by atoms with Crippen molar-refractivity contribution in [3.8, 4) is 6.07 Å². The highest BCUT2D eigenvalue weighted by Crippen LogP contribution is 2.23. The molecule has 0 aliphatic carbocycles. The zero-order chi connectivity index (χ0) is 13.0. The molecule has 0 saturated carbocycles. The molecule has 1 aromatic carbocycles. The van der Waals surface area contributed by atoms with Crippen molar-refractivity contribution in [3.63, 3.8) is 0 Å². The summed E-state index contributed by atoms with van der Waals surface area (Å²) in [5.74, 6) is -0.237. The van der Waals surface area contributed by atoms with Crippen LogP contribution in [0.25, 0.3) is 0 Å². The first-order valence-corrected chi connectivity index (χ1v) is 5.71. The fraction of sp³-hybridized carbons (Fsp3) is 0.429. The molecule has 0 aromatic heterocycles. The second-order valence-electron chi connectivity index (χ2n) is 4.49. The number of ether oxygens (including phenoxy) is 1. The number of rotatable bonds is 3. The van der Waals surface area contributed by atoms with Gasteiger partial charge in [-0.05, 0) is 31.4 Å². The van der Waals surface area contributed by atoms with Crippen molar-refractivity contribution in [2.45, 2.75) is 39.7 Å². The zero-order valence-corrected chi connectivity index (χ0v) is 10.7. The van der Waals surface area contributed by atoms with Gasteiger partial charge >= 0.3 is 5.97 Å². The van der Waals surface area contributed by atoms with Crippen molar-refractivity contribution >= 4 is 5.97 Å². The van der Waals surface area contributed by atoms with E-state index in [9.17, 15) is 4.79 Å². The molecule has 3 nitrogen and oxygen atoms in total. The van der Waals surface area contributed by atoms with Crippen LogP contribution in [-0.4, -0.2) is 12.1 Å². The van der Waals surface area contributed by atoms with Crippen LogP contribution in [0.5, 0.6) is 0 Å². The molecule has 90 valence electrons. The van der Waals surface area contributed by atoms with E-state index in [1.54, 1.807) is 26.0 Å². The maximum atomic E-state index is 12.0. The molecule has 17 heavy (non-hydrogen) atoms. The Morgan fingerprint density at radius 2 is 1.94 bits per heavy atom. The van der Waals surface area contributed by atoms with Gasteiger partial charge in [-0.15, -0.1) is 0 Å². The summed E-state index contributed by atoms with van der Waals surface area (Å²) in [5.41, 5.74) is 1.63. The molecule has 0 aliphatic heterocycles. The predicted molar refractivity (Wildman–Crippen MR) is 65.8 cm³/mol. The number of hydrogen-bond donors (Lipinski definition) is 0. The van der Waals surface area contributed by atoms with Crippen LogP contribution in [0, 0.1) is 11.3 Å². The maximum absolute atomic E-state index is 12.0. The summed E-state index contributed by atoms with van der Waals surface area (Å²) >= 11 is 0. The van der Waals surface area contributed by atoms with Gasteiger partial charge in [0.05, 0.1) is 17.2 Å². The van der Waals surface area contributed by atoms with Crippen molar-refractivity contribution in [2.75, 3.05) is 0 Å². The number of benzene rings is 1. The third-order valence-corrected chi connectivity index (χ3v) is 2.39. The highest BCUT2D eigenvalue weighted by atomic mass is 16.5. The monoisotopic (exact) mass is 231 g/mol. The molecule has 0 spiro atoms. The molecule has 0 unspecified atom stereocenters. The van der Waals surface area contributed by atoms with Gasteiger partial charge in [0.2, 0.25) is 0 Å². The minimum atomic E-state index is -0.416. The summed E-state index contributed by atoms with van der Waals surface area (Å²) in [6.07, 6.45) is -0.186. The van der Waals surface area contributed by atoms with E-state index in [4.69, 9.17) is 10.00 Å². The van der Waals surface area contributed by atoms with Crippen LogP contribution in [-0.2, 0) is 4.74 Å². The average Bonchev–Trinajstić information content (AvgIpc) is 2.26. The first kappa shape index (κ1) is 13.2. The van der Waals surface area contributed by atoms with E-state index >= 15 is 0 Å². The van der Waals surface area contributed by atoms with E-state index in [0.29, 0.717) is 11.1 Å². The minimum absolute atomic E-state index is 0.179. The lowest BCUT2D eigenvalue weighted by Crippen LogP contribution is -2.15. The highest BCUT2D eigenvalue weighted by Gasteiger charge is 2.20. The van der Waals surface area contributed by atoms with Crippen LogP contribution in [0.15, 0.2) is 18.2 Å². The van der Waals surface area contributed by atoms with E-state index in [-0.39, 0.29) is 12.0 Å². The van der Waals surface area contributed by atoms with Gasteiger partial charge in [0.15, 0.2) is 0 Å². The summed E-state index contributed by atoms with van der Waals surface area (Å²) in [6, 6.07) is 7.34. The lowest BCUT2D eigenvalue weighted by atomic mass is 9.94. The van der Waals surface area contributed by atoms with E-state index in [0.717, 1.165) is 5.56 Å². The van der Waals surface area contributed by atoms with Crippen molar-refractivity contribution in [3.05, 3.63) is 34.9 Å². The third kappa shape index (κ3) is 3.07. The highest BCUT2D eigenvalue weighted by molar-refractivity contribution is 5.94. The van der Waals surface area contributed by atoms with Gasteiger partial charge < -0.3 is 4.74 Å². The van der Waals surface area contributed by atoms with Crippen LogP contribution in [0.4, 0.5) is 0 Å². The zero-order valence-electron chi connectivity index (χ0n) is 10.7. The number of esters is 1. The Labute approximate surface area is 102 Å². The van der Waals surface area contributed by atoms with Crippen LogP contribution >= 0.6 is 0 Å².